The van der Waals surface area contributed by atoms with Crippen LogP contribution in [0.2, 0.25) is 0 Å². The van der Waals surface area contributed by atoms with Crippen LogP contribution in [0.3, 0.4) is 0 Å². The summed E-state index contributed by atoms with van der Waals surface area (Å²) in [6, 6.07) is 0.565. The molecule has 1 heteroatoms. The number of nitrogens with two attached hydrogens (primary N) is 1. The topological polar surface area (TPSA) is 26.0 Å². The Morgan fingerprint density at radius 2 is 1.92 bits per heavy atom. The minimum absolute atomic E-state index is 0.565. The Kier molecular flexibility index (Phi) is 2.92. The fourth-order valence-corrected chi connectivity index (χ4v) is 3.51. The van der Waals surface area contributed by atoms with E-state index in [2.05, 4.69) is 6.92 Å². The molecule has 1 nitrogen and oxygen atoms in total. The van der Waals surface area contributed by atoms with Gasteiger partial charge in [-0.15, -0.1) is 0 Å². The van der Waals surface area contributed by atoms with Crippen LogP contribution < -0.4 is 5.73 Å². The average molecular weight is 181 g/mol. The molecule has 0 aromatic heterocycles. The maximum Gasteiger partial charge on any atom is 0.00983 e. The highest BCUT2D eigenvalue weighted by molar-refractivity contribution is 4.98. The quantitative estimate of drug-likeness (QED) is 0.663. The summed E-state index contributed by atoms with van der Waals surface area (Å²) in [6.45, 7) is 2.28. The van der Waals surface area contributed by atoms with Crippen LogP contribution in [0.1, 0.15) is 51.9 Å². The van der Waals surface area contributed by atoms with E-state index in [4.69, 9.17) is 5.73 Å². The van der Waals surface area contributed by atoms with E-state index < -0.39 is 0 Å². The molecule has 2 rings (SSSR count). The molecule has 2 aliphatic rings. The lowest BCUT2D eigenvalue weighted by Gasteiger charge is -2.27. The van der Waals surface area contributed by atoms with Gasteiger partial charge in [0, 0.05) is 6.04 Å². The molecule has 2 saturated carbocycles. The van der Waals surface area contributed by atoms with Crippen LogP contribution in [0.4, 0.5) is 0 Å². The molecule has 0 aromatic rings. The minimum atomic E-state index is 0.565. The molecule has 2 bridgehead atoms. The molecule has 2 fully saturated rings. The molecule has 4 atom stereocenters. The number of unbranched alkanes of at least 4 members (excludes halogenated alkanes) is 2. The third kappa shape index (κ3) is 1.76. The number of fused-ring (bicyclic) bond motifs is 2. The van der Waals surface area contributed by atoms with E-state index in [1.807, 2.05) is 0 Å². The van der Waals surface area contributed by atoms with Gasteiger partial charge in [-0.2, -0.15) is 0 Å². The number of hydrogen-bond donors (Lipinski definition) is 1. The van der Waals surface area contributed by atoms with Gasteiger partial charge in [0.2, 0.25) is 0 Å². The third-order valence-corrected chi connectivity index (χ3v) is 4.30. The summed E-state index contributed by atoms with van der Waals surface area (Å²) >= 11 is 0. The van der Waals surface area contributed by atoms with E-state index in [-0.39, 0.29) is 0 Å². The summed E-state index contributed by atoms with van der Waals surface area (Å²) in [6.07, 6.45) is 9.94. The van der Waals surface area contributed by atoms with Crippen molar-refractivity contribution in [2.75, 3.05) is 0 Å². The van der Waals surface area contributed by atoms with E-state index in [9.17, 15) is 0 Å². The van der Waals surface area contributed by atoms with Gasteiger partial charge in [0.25, 0.3) is 0 Å². The van der Waals surface area contributed by atoms with Gasteiger partial charge in [-0.1, -0.05) is 26.2 Å². The summed E-state index contributed by atoms with van der Waals surface area (Å²) in [5.74, 6) is 2.80. The highest BCUT2D eigenvalue weighted by Crippen LogP contribution is 2.49. The summed E-state index contributed by atoms with van der Waals surface area (Å²) in [7, 11) is 0. The van der Waals surface area contributed by atoms with Gasteiger partial charge in [-0.25, -0.2) is 0 Å². The van der Waals surface area contributed by atoms with Gasteiger partial charge in [0.1, 0.15) is 0 Å². The van der Waals surface area contributed by atoms with Crippen molar-refractivity contribution in [1.29, 1.82) is 0 Å². The van der Waals surface area contributed by atoms with Gasteiger partial charge in [0.05, 0.1) is 0 Å². The standard InChI is InChI=1S/C12H23N/c1-2-3-4-5-11-9-6-7-10(8-9)12(11)13/h9-12H,2-8,13H2,1H3/t9-,10+,11+,12+/m1/s1. The Balaban J connectivity index is 1.79. The highest BCUT2D eigenvalue weighted by Gasteiger charge is 2.44. The Bertz CT molecular complexity index is 165. The number of hydrogen-bond acceptors (Lipinski definition) is 1. The Morgan fingerprint density at radius 3 is 2.54 bits per heavy atom. The van der Waals surface area contributed by atoms with Crippen molar-refractivity contribution < 1.29 is 0 Å². The summed E-state index contributed by atoms with van der Waals surface area (Å²) in [4.78, 5) is 0. The molecule has 0 amide bonds. The van der Waals surface area contributed by atoms with Crippen molar-refractivity contribution in [1.82, 2.24) is 0 Å². The molecule has 0 saturated heterocycles. The fourth-order valence-electron chi connectivity index (χ4n) is 3.51. The first-order valence-corrected chi connectivity index (χ1v) is 6.08. The SMILES string of the molecule is CCCCC[C@H]1[C@@H]2CC[C@@H](C2)[C@@H]1N. The zero-order chi connectivity index (χ0) is 9.26. The van der Waals surface area contributed by atoms with Crippen LogP contribution in [0.25, 0.3) is 0 Å². The fraction of sp³-hybridized carbons (Fsp3) is 1.00. The lowest BCUT2D eigenvalue weighted by Crippen LogP contribution is -2.35. The van der Waals surface area contributed by atoms with E-state index in [1.54, 1.807) is 0 Å². The summed E-state index contributed by atoms with van der Waals surface area (Å²) < 4.78 is 0. The molecule has 2 N–H and O–H groups in total. The molecule has 0 spiro atoms. The minimum Gasteiger partial charge on any atom is -0.327 e. The predicted molar refractivity (Wildman–Crippen MR) is 56.4 cm³/mol. The third-order valence-electron chi connectivity index (χ3n) is 4.30. The van der Waals surface area contributed by atoms with Crippen molar-refractivity contribution in [2.24, 2.45) is 23.5 Å². The molecular weight excluding hydrogens is 158 g/mol. The second-order valence-electron chi connectivity index (χ2n) is 5.07. The molecule has 0 heterocycles. The van der Waals surface area contributed by atoms with E-state index in [1.165, 1.54) is 44.9 Å². The van der Waals surface area contributed by atoms with Crippen LogP contribution in [0, 0.1) is 17.8 Å². The maximum absolute atomic E-state index is 6.25. The lowest BCUT2D eigenvalue weighted by atomic mass is 9.82. The zero-order valence-corrected chi connectivity index (χ0v) is 8.84. The van der Waals surface area contributed by atoms with Crippen molar-refractivity contribution in [2.45, 2.75) is 57.9 Å². The largest absolute Gasteiger partial charge is 0.327 e. The monoisotopic (exact) mass is 181 g/mol. The second kappa shape index (κ2) is 4.00. The van der Waals surface area contributed by atoms with Crippen molar-refractivity contribution in [3.63, 3.8) is 0 Å². The first-order chi connectivity index (χ1) is 6.33. The van der Waals surface area contributed by atoms with Crippen LogP contribution in [-0.2, 0) is 0 Å². The van der Waals surface area contributed by atoms with Gasteiger partial charge in [-0.05, 0) is 43.4 Å². The van der Waals surface area contributed by atoms with Crippen molar-refractivity contribution >= 4 is 0 Å². The second-order valence-corrected chi connectivity index (χ2v) is 5.07. The first kappa shape index (κ1) is 9.51. The van der Waals surface area contributed by atoms with Crippen LogP contribution in [0.5, 0.6) is 0 Å². The average Bonchev–Trinajstić information content (AvgIpc) is 2.69. The Labute approximate surface area is 82.1 Å². The van der Waals surface area contributed by atoms with Crippen LogP contribution >= 0.6 is 0 Å². The normalized spacial score (nSPS) is 42.9. The molecule has 13 heavy (non-hydrogen) atoms. The molecule has 76 valence electrons. The van der Waals surface area contributed by atoms with E-state index in [0.29, 0.717) is 6.04 Å². The molecular formula is C12H23N. The molecule has 0 aromatic carbocycles. The van der Waals surface area contributed by atoms with Gasteiger partial charge in [-0.3, -0.25) is 0 Å². The zero-order valence-electron chi connectivity index (χ0n) is 8.84. The maximum atomic E-state index is 6.25. The van der Waals surface area contributed by atoms with Gasteiger partial charge < -0.3 is 5.73 Å². The van der Waals surface area contributed by atoms with Gasteiger partial charge >= 0.3 is 0 Å². The van der Waals surface area contributed by atoms with E-state index >= 15 is 0 Å². The summed E-state index contributed by atoms with van der Waals surface area (Å²) in [5.41, 5.74) is 6.25. The smallest absolute Gasteiger partial charge is 0.00983 e. The predicted octanol–water partition coefficient (Wildman–Crippen LogP) is 2.94. The molecule has 0 aliphatic heterocycles. The first-order valence-electron chi connectivity index (χ1n) is 6.08. The number of rotatable bonds is 4. The Hall–Kier alpha value is -0.0400. The molecule has 0 unspecified atom stereocenters. The van der Waals surface area contributed by atoms with Gasteiger partial charge in [0.15, 0.2) is 0 Å². The van der Waals surface area contributed by atoms with Crippen LogP contribution in [-0.4, -0.2) is 6.04 Å². The van der Waals surface area contributed by atoms with E-state index in [0.717, 1.165) is 17.8 Å². The molecule has 0 radical (unpaired) electrons. The Morgan fingerprint density at radius 1 is 1.15 bits per heavy atom. The summed E-state index contributed by atoms with van der Waals surface area (Å²) in [5, 5.41) is 0. The highest BCUT2D eigenvalue weighted by atomic mass is 14.7. The van der Waals surface area contributed by atoms with Crippen LogP contribution in [0.15, 0.2) is 0 Å². The molecule has 2 aliphatic carbocycles. The van der Waals surface area contributed by atoms with Crippen molar-refractivity contribution in [3.05, 3.63) is 0 Å². The van der Waals surface area contributed by atoms with Crippen molar-refractivity contribution in [3.8, 4) is 0 Å². The lowest BCUT2D eigenvalue weighted by molar-refractivity contribution is 0.266.